The summed E-state index contributed by atoms with van der Waals surface area (Å²) in [5, 5.41) is 0. The molecule has 0 aliphatic carbocycles. The normalized spacial score (nSPS) is 25.4. The molecule has 7 nitrogen and oxygen atoms in total. The maximum Gasteiger partial charge on any atom is 0.347 e. The number of hydrogen-bond donors (Lipinski definition) is 0. The van der Waals surface area contributed by atoms with Crippen LogP contribution in [-0.4, -0.2) is 42.8 Å². The van der Waals surface area contributed by atoms with Crippen LogP contribution in [0.25, 0.3) is 0 Å². The number of ether oxygens (including phenoxy) is 3. The average molecular weight is 343 g/mol. The number of nitrogens with zero attached hydrogens (tertiary/aromatic N) is 1. The van der Waals surface area contributed by atoms with E-state index in [0.29, 0.717) is 5.56 Å². The highest BCUT2D eigenvalue weighted by atomic mass is 16.5. The molecule has 25 heavy (non-hydrogen) atoms. The number of carbonyl (C=O) groups is 3. The van der Waals surface area contributed by atoms with E-state index in [0.717, 1.165) is 7.11 Å². The van der Waals surface area contributed by atoms with E-state index >= 15 is 0 Å². The second-order valence-corrected chi connectivity index (χ2v) is 5.60. The molecule has 2 heterocycles. The zero-order valence-electron chi connectivity index (χ0n) is 14.0. The van der Waals surface area contributed by atoms with Gasteiger partial charge >= 0.3 is 5.97 Å². The van der Waals surface area contributed by atoms with Crippen molar-refractivity contribution in [3.63, 3.8) is 0 Å². The number of Topliss-reactive ketones (excluding diaryl/α,β-unsaturated/α-hetero) is 1. The largest absolute Gasteiger partial charge is 0.492 e. The minimum Gasteiger partial charge on any atom is -0.492 e. The second-order valence-electron chi connectivity index (χ2n) is 5.60. The van der Waals surface area contributed by atoms with Gasteiger partial charge in [-0.3, -0.25) is 14.5 Å². The van der Waals surface area contributed by atoms with Gasteiger partial charge in [-0.05, 0) is 13.0 Å². The fourth-order valence-electron chi connectivity index (χ4n) is 3.14. The van der Waals surface area contributed by atoms with Crippen molar-refractivity contribution >= 4 is 17.7 Å². The first-order chi connectivity index (χ1) is 12.0. The minimum absolute atomic E-state index is 0.376. The van der Waals surface area contributed by atoms with Crippen LogP contribution in [0.5, 0.6) is 0 Å². The van der Waals surface area contributed by atoms with Crippen molar-refractivity contribution in [2.75, 3.05) is 14.2 Å². The topological polar surface area (TPSA) is 82.1 Å². The summed E-state index contributed by atoms with van der Waals surface area (Å²) in [4.78, 5) is 39.7. The molecular formula is C18H17NO6. The van der Waals surface area contributed by atoms with Crippen molar-refractivity contribution in [2.24, 2.45) is 0 Å². The van der Waals surface area contributed by atoms with Crippen LogP contribution in [0.1, 0.15) is 12.5 Å². The van der Waals surface area contributed by atoms with Gasteiger partial charge in [0.15, 0.2) is 11.3 Å². The lowest BCUT2D eigenvalue weighted by molar-refractivity contribution is -0.186. The Hall–Kier alpha value is -3.09. The van der Waals surface area contributed by atoms with Gasteiger partial charge in [0.1, 0.15) is 0 Å². The molecule has 1 aromatic carbocycles. The Labute approximate surface area is 144 Å². The van der Waals surface area contributed by atoms with Gasteiger partial charge in [-0.1, -0.05) is 30.3 Å². The molecule has 0 saturated carbocycles. The number of fused-ring (bicyclic) bond motifs is 1. The van der Waals surface area contributed by atoms with Crippen LogP contribution in [0.2, 0.25) is 0 Å². The molecule has 7 heteroatoms. The third kappa shape index (κ3) is 2.23. The van der Waals surface area contributed by atoms with Crippen LogP contribution in [0.15, 0.2) is 54.0 Å². The molecule has 0 saturated heterocycles. The van der Waals surface area contributed by atoms with Gasteiger partial charge in [-0.25, -0.2) is 4.79 Å². The molecule has 3 rings (SSSR count). The zero-order valence-corrected chi connectivity index (χ0v) is 14.0. The lowest BCUT2D eigenvalue weighted by atomic mass is 9.86. The number of hydrogen-bond acceptors (Lipinski definition) is 6. The van der Waals surface area contributed by atoms with Crippen molar-refractivity contribution in [1.82, 2.24) is 4.90 Å². The lowest BCUT2D eigenvalue weighted by Crippen LogP contribution is -2.64. The Morgan fingerprint density at radius 1 is 1.20 bits per heavy atom. The molecule has 0 bridgehead atoms. The number of amides is 1. The van der Waals surface area contributed by atoms with E-state index in [4.69, 9.17) is 9.47 Å². The standard InChI is InChI=1S/C18H17NO6/c1-11-9-10-25-18(12-7-5-4-6-8-12)15(20)14(23-2)13(17(22)24-3)16(21)19(11)18/h4-11H,1-3H3. The van der Waals surface area contributed by atoms with Gasteiger partial charge in [0.2, 0.25) is 0 Å². The molecule has 0 spiro atoms. The average Bonchev–Trinajstić information content (AvgIpc) is 2.64. The Morgan fingerprint density at radius 3 is 2.48 bits per heavy atom. The number of carbonyl (C=O) groups excluding carboxylic acids is 3. The summed E-state index contributed by atoms with van der Waals surface area (Å²) < 4.78 is 15.5. The Morgan fingerprint density at radius 2 is 1.88 bits per heavy atom. The van der Waals surface area contributed by atoms with Crippen LogP contribution >= 0.6 is 0 Å². The number of ketones is 1. The Balaban J connectivity index is 2.31. The van der Waals surface area contributed by atoms with Crippen LogP contribution in [-0.2, 0) is 34.3 Å². The predicted molar refractivity (Wildman–Crippen MR) is 85.7 cm³/mol. The van der Waals surface area contributed by atoms with E-state index in [1.54, 1.807) is 43.3 Å². The summed E-state index contributed by atoms with van der Waals surface area (Å²) in [7, 11) is 2.36. The van der Waals surface area contributed by atoms with Gasteiger partial charge in [0, 0.05) is 5.56 Å². The molecule has 1 amide bonds. The fraction of sp³-hybridized carbons (Fsp3) is 0.278. The summed E-state index contributed by atoms with van der Waals surface area (Å²) in [6.07, 6.45) is 3.01. The molecule has 0 aromatic heterocycles. The van der Waals surface area contributed by atoms with E-state index in [1.807, 2.05) is 0 Å². The summed E-state index contributed by atoms with van der Waals surface area (Å²) in [6, 6.07) is 8.13. The van der Waals surface area contributed by atoms with Crippen LogP contribution in [0.4, 0.5) is 0 Å². The molecule has 2 atom stereocenters. The molecule has 0 N–H and O–H groups in total. The van der Waals surface area contributed by atoms with Crippen LogP contribution in [0.3, 0.4) is 0 Å². The molecule has 2 aliphatic heterocycles. The number of benzene rings is 1. The van der Waals surface area contributed by atoms with Crippen LogP contribution < -0.4 is 0 Å². The summed E-state index contributed by atoms with van der Waals surface area (Å²) in [6.45, 7) is 1.73. The van der Waals surface area contributed by atoms with Gasteiger partial charge in [0.05, 0.1) is 26.5 Å². The van der Waals surface area contributed by atoms with Gasteiger partial charge in [-0.2, -0.15) is 0 Å². The molecule has 2 unspecified atom stereocenters. The van der Waals surface area contributed by atoms with Gasteiger partial charge in [0.25, 0.3) is 17.4 Å². The number of rotatable bonds is 3. The van der Waals surface area contributed by atoms with E-state index in [9.17, 15) is 14.4 Å². The molecule has 0 fully saturated rings. The molecule has 2 aliphatic rings. The van der Waals surface area contributed by atoms with Crippen LogP contribution in [0, 0.1) is 0 Å². The van der Waals surface area contributed by atoms with Crippen molar-refractivity contribution in [2.45, 2.75) is 18.7 Å². The first-order valence-corrected chi connectivity index (χ1v) is 7.64. The third-order valence-electron chi connectivity index (χ3n) is 4.27. The zero-order chi connectivity index (χ0) is 18.2. The fourth-order valence-corrected chi connectivity index (χ4v) is 3.14. The first-order valence-electron chi connectivity index (χ1n) is 7.64. The number of esters is 1. The SMILES string of the molecule is COC(=O)C1=C(OC)C(=O)C2(c3ccccc3)OC=CC(C)N2C1=O. The smallest absolute Gasteiger partial charge is 0.347 e. The summed E-state index contributed by atoms with van der Waals surface area (Å²) in [5.41, 5.74) is -1.70. The van der Waals surface area contributed by atoms with E-state index < -0.39 is 35.0 Å². The van der Waals surface area contributed by atoms with E-state index in [2.05, 4.69) is 4.74 Å². The third-order valence-corrected chi connectivity index (χ3v) is 4.27. The lowest BCUT2D eigenvalue weighted by Gasteiger charge is -2.48. The Bertz CT molecular complexity index is 797. The number of methoxy groups -OCH3 is 2. The Kier molecular flexibility index (Phi) is 4.08. The highest BCUT2D eigenvalue weighted by molar-refractivity contribution is 6.25. The quantitative estimate of drug-likeness (QED) is 0.607. The first kappa shape index (κ1) is 16.8. The summed E-state index contributed by atoms with van der Waals surface area (Å²) >= 11 is 0. The van der Waals surface area contributed by atoms with Crippen molar-refractivity contribution < 1.29 is 28.6 Å². The minimum atomic E-state index is -1.73. The monoisotopic (exact) mass is 343 g/mol. The van der Waals surface area contributed by atoms with Crippen molar-refractivity contribution in [1.29, 1.82) is 0 Å². The summed E-state index contributed by atoms with van der Waals surface area (Å²) in [5.74, 6) is -2.64. The van der Waals surface area contributed by atoms with Gasteiger partial charge in [-0.15, -0.1) is 0 Å². The molecule has 130 valence electrons. The van der Waals surface area contributed by atoms with Crippen molar-refractivity contribution in [3.8, 4) is 0 Å². The maximum atomic E-state index is 13.3. The molecular weight excluding hydrogens is 326 g/mol. The predicted octanol–water partition coefficient (Wildman–Crippen LogP) is 1.26. The van der Waals surface area contributed by atoms with E-state index in [-0.39, 0.29) is 5.76 Å². The highest BCUT2D eigenvalue weighted by Crippen LogP contribution is 2.43. The van der Waals surface area contributed by atoms with Crippen molar-refractivity contribution in [3.05, 3.63) is 59.6 Å². The van der Waals surface area contributed by atoms with Gasteiger partial charge < -0.3 is 14.2 Å². The highest BCUT2D eigenvalue weighted by Gasteiger charge is 2.60. The second kappa shape index (κ2) is 6.08. The maximum absolute atomic E-state index is 13.3. The molecule has 1 aromatic rings. The van der Waals surface area contributed by atoms with E-state index in [1.165, 1.54) is 18.3 Å². The molecule has 0 radical (unpaired) electrons.